The molecule has 0 aromatic carbocycles. The van der Waals surface area contributed by atoms with Gasteiger partial charge in [0.2, 0.25) is 0 Å². The Kier molecular flexibility index (Phi) is 7.13. The molecule has 0 saturated heterocycles. The van der Waals surface area contributed by atoms with Crippen molar-refractivity contribution >= 4 is 5.96 Å². The highest BCUT2D eigenvalue weighted by molar-refractivity contribution is 5.79. The molecule has 0 spiro atoms. The van der Waals surface area contributed by atoms with E-state index in [0.717, 1.165) is 32.0 Å². The SMILES string of the molecule is C/N=C(/NC)NCCCNCC(C)(C)C. The van der Waals surface area contributed by atoms with Gasteiger partial charge in [-0.2, -0.15) is 0 Å². The minimum Gasteiger partial charge on any atom is -0.359 e. The summed E-state index contributed by atoms with van der Waals surface area (Å²) < 4.78 is 0. The fraction of sp³-hybridized carbons (Fsp3) is 0.909. The molecule has 3 N–H and O–H groups in total. The number of rotatable bonds is 5. The van der Waals surface area contributed by atoms with Gasteiger partial charge < -0.3 is 16.0 Å². The summed E-state index contributed by atoms with van der Waals surface area (Å²) in [6.45, 7) is 9.77. The quantitative estimate of drug-likeness (QED) is 0.360. The van der Waals surface area contributed by atoms with E-state index < -0.39 is 0 Å². The van der Waals surface area contributed by atoms with E-state index in [1.807, 2.05) is 7.05 Å². The van der Waals surface area contributed by atoms with Gasteiger partial charge in [0.05, 0.1) is 0 Å². The molecule has 0 bridgehead atoms. The molecule has 90 valence electrons. The second kappa shape index (κ2) is 7.51. The Morgan fingerprint density at radius 1 is 1.20 bits per heavy atom. The maximum Gasteiger partial charge on any atom is 0.190 e. The minimum atomic E-state index is 0.369. The lowest BCUT2D eigenvalue weighted by Crippen LogP contribution is -2.36. The van der Waals surface area contributed by atoms with Crippen LogP contribution < -0.4 is 16.0 Å². The largest absolute Gasteiger partial charge is 0.359 e. The first-order valence-electron chi connectivity index (χ1n) is 5.59. The Labute approximate surface area is 93.9 Å². The van der Waals surface area contributed by atoms with Gasteiger partial charge in [0, 0.05) is 20.6 Å². The maximum absolute atomic E-state index is 4.04. The van der Waals surface area contributed by atoms with E-state index in [4.69, 9.17) is 0 Å². The van der Waals surface area contributed by atoms with Gasteiger partial charge in [-0.1, -0.05) is 20.8 Å². The summed E-state index contributed by atoms with van der Waals surface area (Å²) in [5.41, 5.74) is 0.369. The normalized spacial score (nSPS) is 12.7. The van der Waals surface area contributed by atoms with Gasteiger partial charge in [-0.05, 0) is 24.9 Å². The van der Waals surface area contributed by atoms with E-state index in [2.05, 4.69) is 41.7 Å². The predicted molar refractivity (Wildman–Crippen MR) is 67.4 cm³/mol. The standard InChI is InChI=1S/C11H26N4/c1-11(2,3)9-14-7-6-8-15-10(12-4)13-5/h14H,6-9H2,1-5H3,(H2,12,13,15). The van der Waals surface area contributed by atoms with Crippen molar-refractivity contribution in [3.63, 3.8) is 0 Å². The topological polar surface area (TPSA) is 48.5 Å². The highest BCUT2D eigenvalue weighted by atomic mass is 15.1. The van der Waals surface area contributed by atoms with Crippen LogP contribution in [0.1, 0.15) is 27.2 Å². The summed E-state index contributed by atoms with van der Waals surface area (Å²) in [5, 5.41) is 9.64. The molecule has 0 radical (unpaired) electrons. The van der Waals surface area contributed by atoms with Crippen molar-refractivity contribution in [2.75, 3.05) is 33.7 Å². The summed E-state index contributed by atoms with van der Waals surface area (Å²) in [6, 6.07) is 0. The Balaban J connectivity index is 3.33. The molecule has 0 atom stereocenters. The monoisotopic (exact) mass is 214 g/mol. The van der Waals surface area contributed by atoms with E-state index >= 15 is 0 Å². The number of aliphatic imine (C=N–C) groups is 1. The van der Waals surface area contributed by atoms with Crippen LogP contribution in [0, 0.1) is 5.41 Å². The van der Waals surface area contributed by atoms with E-state index in [-0.39, 0.29) is 0 Å². The lowest BCUT2D eigenvalue weighted by molar-refractivity contribution is 0.379. The average Bonchev–Trinajstić information content (AvgIpc) is 2.15. The van der Waals surface area contributed by atoms with Gasteiger partial charge in [-0.25, -0.2) is 0 Å². The average molecular weight is 214 g/mol. The number of nitrogens with one attached hydrogen (secondary N) is 3. The number of guanidine groups is 1. The molecule has 0 aliphatic carbocycles. The van der Waals surface area contributed by atoms with Crippen LogP contribution in [0.2, 0.25) is 0 Å². The molecule has 0 aliphatic heterocycles. The molecule has 0 aromatic heterocycles. The van der Waals surface area contributed by atoms with Crippen LogP contribution in [-0.4, -0.2) is 39.7 Å². The van der Waals surface area contributed by atoms with Crippen LogP contribution >= 0.6 is 0 Å². The highest BCUT2D eigenvalue weighted by Gasteiger charge is 2.07. The first kappa shape index (κ1) is 14.2. The van der Waals surface area contributed by atoms with Gasteiger partial charge in [-0.15, -0.1) is 0 Å². The lowest BCUT2D eigenvalue weighted by Gasteiger charge is -2.18. The van der Waals surface area contributed by atoms with Crippen LogP contribution in [0.5, 0.6) is 0 Å². The van der Waals surface area contributed by atoms with Crippen LogP contribution in [-0.2, 0) is 0 Å². The van der Waals surface area contributed by atoms with E-state index in [1.165, 1.54) is 0 Å². The molecule has 0 aromatic rings. The molecule has 0 amide bonds. The number of hydrogen-bond acceptors (Lipinski definition) is 2. The van der Waals surface area contributed by atoms with Gasteiger partial charge in [-0.3, -0.25) is 4.99 Å². The van der Waals surface area contributed by atoms with Crippen molar-refractivity contribution in [3.05, 3.63) is 0 Å². The van der Waals surface area contributed by atoms with E-state index in [9.17, 15) is 0 Å². The zero-order chi connectivity index (χ0) is 11.7. The summed E-state index contributed by atoms with van der Waals surface area (Å²) in [5.74, 6) is 0.853. The summed E-state index contributed by atoms with van der Waals surface area (Å²) in [7, 11) is 3.64. The second-order valence-electron chi connectivity index (χ2n) is 4.84. The zero-order valence-electron chi connectivity index (χ0n) is 10.8. The van der Waals surface area contributed by atoms with Gasteiger partial charge >= 0.3 is 0 Å². The van der Waals surface area contributed by atoms with Crippen LogP contribution in [0.3, 0.4) is 0 Å². The third kappa shape index (κ3) is 9.53. The van der Waals surface area contributed by atoms with Gasteiger partial charge in [0.15, 0.2) is 5.96 Å². The lowest BCUT2D eigenvalue weighted by atomic mass is 9.97. The summed E-state index contributed by atoms with van der Waals surface area (Å²) >= 11 is 0. The first-order chi connectivity index (χ1) is 6.99. The van der Waals surface area contributed by atoms with Gasteiger partial charge in [0.1, 0.15) is 0 Å². The molecule has 0 fully saturated rings. The van der Waals surface area contributed by atoms with E-state index in [0.29, 0.717) is 5.41 Å². The highest BCUT2D eigenvalue weighted by Crippen LogP contribution is 2.09. The summed E-state index contributed by atoms with van der Waals surface area (Å²) in [6.07, 6.45) is 1.11. The molecular weight excluding hydrogens is 188 g/mol. The third-order valence-electron chi connectivity index (χ3n) is 1.94. The number of hydrogen-bond donors (Lipinski definition) is 3. The summed E-state index contributed by atoms with van der Waals surface area (Å²) in [4.78, 5) is 4.04. The molecule has 4 nitrogen and oxygen atoms in total. The van der Waals surface area contributed by atoms with Crippen molar-refractivity contribution in [2.45, 2.75) is 27.2 Å². The fourth-order valence-electron chi connectivity index (χ4n) is 1.16. The van der Waals surface area contributed by atoms with Crippen molar-refractivity contribution in [3.8, 4) is 0 Å². The second-order valence-corrected chi connectivity index (χ2v) is 4.84. The Morgan fingerprint density at radius 3 is 2.33 bits per heavy atom. The van der Waals surface area contributed by atoms with Gasteiger partial charge in [0.25, 0.3) is 0 Å². The molecule has 0 rings (SSSR count). The van der Waals surface area contributed by atoms with Crippen molar-refractivity contribution in [2.24, 2.45) is 10.4 Å². The van der Waals surface area contributed by atoms with E-state index in [1.54, 1.807) is 7.05 Å². The van der Waals surface area contributed by atoms with Crippen LogP contribution in [0.4, 0.5) is 0 Å². The Bertz CT molecular complexity index is 182. The molecular formula is C11H26N4. The maximum atomic E-state index is 4.04. The molecule has 4 heteroatoms. The smallest absolute Gasteiger partial charge is 0.190 e. The van der Waals surface area contributed by atoms with Crippen molar-refractivity contribution < 1.29 is 0 Å². The van der Waals surface area contributed by atoms with Crippen molar-refractivity contribution in [1.29, 1.82) is 0 Å². The van der Waals surface area contributed by atoms with Crippen molar-refractivity contribution in [1.82, 2.24) is 16.0 Å². The molecule has 0 heterocycles. The molecule has 0 unspecified atom stereocenters. The predicted octanol–water partition coefficient (Wildman–Crippen LogP) is 0.807. The van der Waals surface area contributed by atoms with Crippen LogP contribution in [0.15, 0.2) is 4.99 Å². The molecule has 15 heavy (non-hydrogen) atoms. The first-order valence-corrected chi connectivity index (χ1v) is 5.59. The molecule has 0 saturated carbocycles. The fourth-order valence-corrected chi connectivity index (χ4v) is 1.16. The Morgan fingerprint density at radius 2 is 1.87 bits per heavy atom. The zero-order valence-corrected chi connectivity index (χ0v) is 10.8. The Hall–Kier alpha value is -0.770. The molecule has 0 aliphatic rings. The number of nitrogens with zero attached hydrogens (tertiary/aromatic N) is 1. The van der Waals surface area contributed by atoms with Crippen LogP contribution in [0.25, 0.3) is 0 Å². The minimum absolute atomic E-state index is 0.369. The third-order valence-corrected chi connectivity index (χ3v) is 1.94.